The predicted molar refractivity (Wildman–Crippen MR) is 37.8 cm³/mol. The molecule has 0 rings (SSSR count). The summed E-state index contributed by atoms with van der Waals surface area (Å²) in [5.74, 6) is 0.289. The Morgan fingerprint density at radius 3 is 2.33 bits per heavy atom. The summed E-state index contributed by atoms with van der Waals surface area (Å²) in [7, 11) is 0. The highest BCUT2D eigenvalue weighted by atomic mass is 16.1. The van der Waals surface area contributed by atoms with Gasteiger partial charge < -0.3 is 10.5 Å². The maximum absolute atomic E-state index is 10.5. The van der Waals surface area contributed by atoms with Crippen molar-refractivity contribution in [2.24, 2.45) is 11.7 Å². The van der Waals surface area contributed by atoms with Gasteiger partial charge in [0.1, 0.15) is 5.78 Å². The van der Waals surface area contributed by atoms with Gasteiger partial charge in [0.15, 0.2) is 0 Å². The zero-order valence-electron chi connectivity index (χ0n) is 5.98. The summed E-state index contributed by atoms with van der Waals surface area (Å²) < 4.78 is 0. The van der Waals surface area contributed by atoms with Gasteiger partial charge in [0, 0.05) is 18.0 Å². The maximum Gasteiger partial charge on any atom is 0.130 e. The lowest BCUT2D eigenvalue weighted by Gasteiger charge is -2.06. The quantitative estimate of drug-likeness (QED) is 0.616. The van der Waals surface area contributed by atoms with Crippen molar-refractivity contribution >= 4 is 5.78 Å². The molecule has 0 heterocycles. The molecule has 0 fully saturated rings. The second-order valence-corrected chi connectivity index (χ2v) is 2.38. The Hall–Kier alpha value is -0.790. The molecule has 0 aromatic carbocycles. The number of nitrogens with two attached hydrogens (primary N) is 1. The van der Waals surface area contributed by atoms with Gasteiger partial charge in [0.2, 0.25) is 0 Å². The van der Waals surface area contributed by atoms with Gasteiger partial charge in [-0.2, -0.15) is 0 Å². The number of Topliss-reactive ketones (excluding diaryl/α,β-unsaturated/α-hetero) is 1. The molecule has 0 radical (unpaired) electrons. The first-order valence-electron chi connectivity index (χ1n) is 2.97. The summed E-state index contributed by atoms with van der Waals surface area (Å²) in [6, 6.07) is 0. The molecule has 2 heteroatoms. The van der Waals surface area contributed by atoms with Crippen LogP contribution >= 0.6 is 0 Å². The Kier molecular flexibility index (Phi) is 2.99. The highest BCUT2D eigenvalue weighted by Gasteiger charge is 2.04. The van der Waals surface area contributed by atoms with Gasteiger partial charge in [0.25, 0.3) is 0 Å². The van der Waals surface area contributed by atoms with Crippen LogP contribution in [-0.2, 0) is 4.79 Å². The van der Waals surface area contributed by atoms with Crippen LogP contribution in [0.3, 0.4) is 0 Å². The van der Waals surface area contributed by atoms with Gasteiger partial charge in [-0.25, -0.2) is 0 Å². The minimum Gasteiger partial charge on any atom is -0.402 e. The van der Waals surface area contributed by atoms with Crippen LogP contribution in [-0.4, -0.2) is 5.78 Å². The van der Waals surface area contributed by atoms with Crippen molar-refractivity contribution in [3.8, 4) is 0 Å². The molecular formula is C7H13NO. The average molecular weight is 127 g/mol. The van der Waals surface area contributed by atoms with Crippen molar-refractivity contribution in [3.05, 3.63) is 12.3 Å². The molecule has 1 unspecified atom stereocenters. The fourth-order valence-corrected chi connectivity index (χ4v) is 0.562. The van der Waals surface area contributed by atoms with Crippen LogP contribution < -0.4 is 5.73 Å². The molecule has 0 amide bonds. The van der Waals surface area contributed by atoms with E-state index < -0.39 is 0 Å². The van der Waals surface area contributed by atoms with E-state index in [1.807, 2.05) is 6.92 Å². The Labute approximate surface area is 55.7 Å². The van der Waals surface area contributed by atoms with Gasteiger partial charge in [-0.05, 0) is 6.92 Å². The van der Waals surface area contributed by atoms with Crippen LogP contribution in [0.4, 0.5) is 0 Å². The summed E-state index contributed by atoms with van der Waals surface area (Å²) in [4.78, 5) is 10.5. The summed E-state index contributed by atoms with van der Waals surface area (Å²) in [5, 5.41) is 0. The molecule has 0 aliphatic heterocycles. The zero-order valence-corrected chi connectivity index (χ0v) is 5.98. The normalized spacial score (nSPS) is 12.7. The number of rotatable bonds is 3. The molecule has 0 saturated carbocycles. The lowest BCUT2D eigenvalue weighted by Crippen LogP contribution is -2.10. The van der Waals surface area contributed by atoms with E-state index >= 15 is 0 Å². The Morgan fingerprint density at radius 1 is 1.78 bits per heavy atom. The molecule has 2 nitrogen and oxygen atoms in total. The first kappa shape index (κ1) is 8.21. The predicted octanol–water partition coefficient (Wildman–Crippen LogP) is 1.07. The third-order valence-corrected chi connectivity index (χ3v) is 1.23. The second-order valence-electron chi connectivity index (χ2n) is 2.38. The molecular weight excluding hydrogens is 114 g/mol. The number of allylic oxidation sites excluding steroid dienone is 1. The monoisotopic (exact) mass is 127 g/mol. The maximum atomic E-state index is 10.5. The fourth-order valence-electron chi connectivity index (χ4n) is 0.562. The number of carbonyl (C=O) groups is 1. The van der Waals surface area contributed by atoms with E-state index in [1.54, 1.807) is 6.92 Å². The molecule has 2 N–H and O–H groups in total. The second kappa shape index (κ2) is 3.28. The van der Waals surface area contributed by atoms with E-state index in [0.717, 1.165) is 0 Å². The highest BCUT2D eigenvalue weighted by molar-refractivity contribution is 5.75. The molecule has 0 aliphatic carbocycles. The Morgan fingerprint density at radius 2 is 2.22 bits per heavy atom. The van der Waals surface area contributed by atoms with Crippen molar-refractivity contribution in [3.63, 3.8) is 0 Å². The van der Waals surface area contributed by atoms with Crippen molar-refractivity contribution in [1.82, 2.24) is 0 Å². The first-order chi connectivity index (χ1) is 4.04. The molecule has 0 aromatic heterocycles. The number of carbonyl (C=O) groups excluding carboxylic acids is 1. The average Bonchev–Trinajstić information content (AvgIpc) is 1.63. The van der Waals surface area contributed by atoms with E-state index in [4.69, 9.17) is 5.73 Å². The molecule has 52 valence electrons. The van der Waals surface area contributed by atoms with Gasteiger partial charge in [0.05, 0.1) is 0 Å². The minimum atomic E-state index is 0.127. The van der Waals surface area contributed by atoms with Crippen molar-refractivity contribution in [2.75, 3.05) is 0 Å². The van der Waals surface area contributed by atoms with E-state index in [2.05, 4.69) is 6.58 Å². The third-order valence-electron chi connectivity index (χ3n) is 1.23. The van der Waals surface area contributed by atoms with Crippen LogP contribution in [0.25, 0.3) is 0 Å². The van der Waals surface area contributed by atoms with Crippen LogP contribution in [0, 0.1) is 5.92 Å². The highest BCUT2D eigenvalue weighted by Crippen LogP contribution is 2.06. The van der Waals surface area contributed by atoms with Crippen LogP contribution in [0.15, 0.2) is 12.3 Å². The lowest BCUT2D eigenvalue weighted by molar-refractivity contribution is -0.117. The van der Waals surface area contributed by atoms with E-state index in [-0.39, 0.29) is 11.7 Å². The molecule has 0 bridgehead atoms. The molecule has 0 saturated heterocycles. The fraction of sp³-hybridized carbons (Fsp3) is 0.571. The zero-order chi connectivity index (χ0) is 7.44. The van der Waals surface area contributed by atoms with Gasteiger partial charge in [-0.3, -0.25) is 0 Å². The van der Waals surface area contributed by atoms with Crippen molar-refractivity contribution in [2.45, 2.75) is 20.3 Å². The topological polar surface area (TPSA) is 43.1 Å². The molecule has 0 aliphatic rings. The Balaban J connectivity index is 3.63. The number of hydrogen-bond donors (Lipinski definition) is 1. The van der Waals surface area contributed by atoms with Crippen molar-refractivity contribution in [1.29, 1.82) is 0 Å². The molecule has 0 aromatic rings. The molecule has 0 spiro atoms. The van der Waals surface area contributed by atoms with E-state index in [9.17, 15) is 4.79 Å². The molecule has 1 atom stereocenters. The lowest BCUT2D eigenvalue weighted by atomic mass is 10.0. The van der Waals surface area contributed by atoms with E-state index in [0.29, 0.717) is 12.1 Å². The van der Waals surface area contributed by atoms with Gasteiger partial charge in [-0.1, -0.05) is 13.5 Å². The van der Waals surface area contributed by atoms with Crippen LogP contribution in [0.1, 0.15) is 20.3 Å². The molecule has 9 heavy (non-hydrogen) atoms. The van der Waals surface area contributed by atoms with Gasteiger partial charge >= 0.3 is 0 Å². The minimum absolute atomic E-state index is 0.127. The standard InChI is InChI=1S/C7H13NO/c1-5(7(3)8)4-6(2)9/h5H,3-4,8H2,1-2H3. The smallest absolute Gasteiger partial charge is 0.130 e. The summed E-state index contributed by atoms with van der Waals surface area (Å²) >= 11 is 0. The summed E-state index contributed by atoms with van der Waals surface area (Å²) in [6.07, 6.45) is 0.509. The largest absolute Gasteiger partial charge is 0.402 e. The van der Waals surface area contributed by atoms with Crippen LogP contribution in [0.5, 0.6) is 0 Å². The van der Waals surface area contributed by atoms with E-state index in [1.165, 1.54) is 0 Å². The summed E-state index contributed by atoms with van der Waals surface area (Å²) in [6.45, 7) is 6.98. The first-order valence-corrected chi connectivity index (χ1v) is 2.97. The van der Waals surface area contributed by atoms with Gasteiger partial charge in [-0.15, -0.1) is 0 Å². The SMILES string of the molecule is C=C(N)C(C)CC(C)=O. The van der Waals surface area contributed by atoms with Crippen LogP contribution in [0.2, 0.25) is 0 Å². The Bertz CT molecular complexity index is 129. The number of hydrogen-bond acceptors (Lipinski definition) is 2. The van der Waals surface area contributed by atoms with Crippen molar-refractivity contribution < 1.29 is 4.79 Å². The summed E-state index contributed by atoms with van der Waals surface area (Å²) in [5.41, 5.74) is 5.93. The number of ketones is 1. The third kappa shape index (κ3) is 3.76.